The molecule has 0 aliphatic rings. The van der Waals surface area contributed by atoms with Crippen molar-refractivity contribution in [3.63, 3.8) is 0 Å². The van der Waals surface area contributed by atoms with Crippen LogP contribution in [0.15, 0.2) is 303 Å². The zero-order valence-electron chi connectivity index (χ0n) is 48.4. The number of hydrogen-bond donors (Lipinski definition) is 0. The molecule has 8 nitrogen and oxygen atoms in total. The predicted molar refractivity (Wildman–Crippen MR) is 371 cm³/mol. The van der Waals surface area contributed by atoms with Crippen LogP contribution >= 0.6 is 0 Å². The molecule has 0 atom stereocenters. The van der Waals surface area contributed by atoms with Gasteiger partial charge in [0.2, 0.25) is 0 Å². The summed E-state index contributed by atoms with van der Waals surface area (Å²) in [5.74, 6) is 1.61. The van der Waals surface area contributed by atoms with Crippen molar-refractivity contribution in [2.45, 2.75) is 0 Å². The molecule has 8 heteroatoms. The molecule has 0 fully saturated rings. The average Bonchev–Trinajstić information content (AvgIpc) is 1.55. The first-order valence-electron chi connectivity index (χ1n) is 30.3. The molecule has 0 aliphatic carbocycles. The monoisotopic (exact) mass is 1150 g/mol. The number of aromatic nitrogens is 7. The average molecular weight is 1150 g/mol. The molecule has 0 saturated carbocycles. The highest BCUT2D eigenvalue weighted by molar-refractivity contribution is 6.28. The SMILES string of the molecule is [C-]#[N+]c1ccccc1-c1ccc(-n2c3ccccc3c3c2ccc2c4ccccc4n(-c4ccccc4)c23)c(-c2cccc(-n3c4ccccc4c4c3ccc3c5ccccc5n(-c5ccccc5)c34)c2-c2nc(-c3ccccc3)nc(-c3ccccc3)n2)c1. The normalized spacial score (nSPS) is 11.8. The summed E-state index contributed by atoms with van der Waals surface area (Å²) in [7, 11) is 0. The standard InChI is InChI=1S/C82H50N8/c1-83-66-39-19-14-33-57(66)54-45-48-71(89-69-42-22-17-36-63(69)75-73(89)49-46-61-58-34-15-20-40-67(58)87(78(61)75)55-29-10-4-11-30-55)65(51-54)60-38-24-44-72(77(60)82-85-80(52-25-6-2-7-26-52)84-81(86-82)53-27-8-3-9-28-53)90-70-43-23-18-37-64(70)76-74(90)50-47-62-59-35-16-21-41-68(59)88(79(62)76)56-31-12-5-13-32-56/h2-51H. The van der Waals surface area contributed by atoms with Crippen molar-refractivity contribution in [2.75, 3.05) is 0 Å². The second-order valence-electron chi connectivity index (χ2n) is 22.9. The molecule has 0 unspecified atom stereocenters. The fraction of sp³-hybridized carbons (Fsp3) is 0. The summed E-state index contributed by atoms with van der Waals surface area (Å²) in [6, 6.07) is 107. The van der Waals surface area contributed by atoms with E-state index in [-0.39, 0.29) is 0 Å². The van der Waals surface area contributed by atoms with Crippen LogP contribution in [0.3, 0.4) is 0 Å². The van der Waals surface area contributed by atoms with Crippen LogP contribution in [0.1, 0.15) is 0 Å². The summed E-state index contributed by atoms with van der Waals surface area (Å²) in [4.78, 5) is 20.7. The van der Waals surface area contributed by atoms with Crippen molar-refractivity contribution in [1.82, 2.24) is 33.2 Å². The van der Waals surface area contributed by atoms with Gasteiger partial charge >= 0.3 is 0 Å². The zero-order valence-corrected chi connectivity index (χ0v) is 48.4. The van der Waals surface area contributed by atoms with Gasteiger partial charge in [0.1, 0.15) is 0 Å². The van der Waals surface area contributed by atoms with E-state index in [9.17, 15) is 0 Å². The third-order valence-corrected chi connectivity index (χ3v) is 18.0. The predicted octanol–water partition coefficient (Wildman–Crippen LogP) is 21.1. The van der Waals surface area contributed by atoms with Crippen LogP contribution in [-0.4, -0.2) is 33.2 Å². The molecule has 0 saturated heterocycles. The van der Waals surface area contributed by atoms with E-state index in [1.165, 1.54) is 21.5 Å². The number of para-hydroxylation sites is 7. The number of rotatable bonds is 9. The van der Waals surface area contributed by atoms with Gasteiger partial charge in [0.25, 0.3) is 0 Å². The molecule has 0 spiro atoms. The van der Waals surface area contributed by atoms with Crippen LogP contribution in [0.25, 0.3) is 171 Å². The Morgan fingerprint density at radius 3 is 1.21 bits per heavy atom. The maximum absolute atomic E-state index is 8.48. The van der Waals surface area contributed by atoms with E-state index >= 15 is 0 Å². The minimum absolute atomic E-state index is 0.507. The molecule has 90 heavy (non-hydrogen) atoms. The Morgan fingerprint density at radius 1 is 0.267 bits per heavy atom. The number of hydrogen-bond acceptors (Lipinski definition) is 3. The zero-order chi connectivity index (χ0) is 59.4. The first kappa shape index (κ1) is 50.8. The number of benzene rings is 13. The summed E-state index contributed by atoms with van der Waals surface area (Å²) >= 11 is 0. The van der Waals surface area contributed by atoms with E-state index in [1.54, 1.807) is 0 Å². The summed E-state index contributed by atoms with van der Waals surface area (Å²) in [6.45, 7) is 8.48. The molecule has 0 aliphatic heterocycles. The van der Waals surface area contributed by atoms with Crippen LogP contribution in [0, 0.1) is 6.57 Å². The lowest BCUT2D eigenvalue weighted by Crippen LogP contribution is -2.06. The Hall–Kier alpha value is -12.4. The van der Waals surface area contributed by atoms with Gasteiger partial charge in [-0.25, -0.2) is 19.8 Å². The van der Waals surface area contributed by atoms with E-state index in [2.05, 4.69) is 272 Å². The highest BCUT2D eigenvalue weighted by Gasteiger charge is 2.29. The molecule has 0 N–H and O–H groups in total. The molecule has 0 radical (unpaired) electrons. The van der Waals surface area contributed by atoms with Crippen molar-refractivity contribution >= 4 is 92.9 Å². The second-order valence-corrected chi connectivity index (χ2v) is 22.9. The van der Waals surface area contributed by atoms with E-state index in [4.69, 9.17) is 21.5 Å². The minimum Gasteiger partial charge on any atom is -0.309 e. The topological polar surface area (TPSA) is 62.8 Å². The van der Waals surface area contributed by atoms with Crippen molar-refractivity contribution in [3.05, 3.63) is 315 Å². The fourth-order valence-corrected chi connectivity index (χ4v) is 14.3. The molecule has 13 aromatic carbocycles. The van der Waals surface area contributed by atoms with E-state index in [0.29, 0.717) is 23.2 Å². The van der Waals surface area contributed by atoms with Crippen LogP contribution in [0.2, 0.25) is 0 Å². The first-order chi connectivity index (χ1) is 44.7. The van der Waals surface area contributed by atoms with Crippen molar-refractivity contribution in [3.8, 4) is 79.2 Å². The minimum atomic E-state index is 0.507. The van der Waals surface area contributed by atoms with Gasteiger partial charge in [0, 0.05) is 71.2 Å². The highest BCUT2D eigenvalue weighted by Crippen LogP contribution is 2.49. The van der Waals surface area contributed by atoms with E-state index in [1.807, 2.05) is 54.6 Å². The van der Waals surface area contributed by atoms with Crippen LogP contribution in [0.5, 0.6) is 0 Å². The molecule has 18 aromatic rings. The van der Waals surface area contributed by atoms with Gasteiger partial charge in [-0.3, -0.25) is 0 Å². The maximum Gasteiger partial charge on any atom is 0.194 e. The Kier molecular flexibility index (Phi) is 11.5. The molecular formula is C82H50N8. The van der Waals surface area contributed by atoms with E-state index < -0.39 is 0 Å². The van der Waals surface area contributed by atoms with Gasteiger partial charge in [0.05, 0.1) is 67.6 Å². The summed E-state index contributed by atoms with van der Waals surface area (Å²) in [5.41, 5.74) is 19.4. The van der Waals surface area contributed by atoms with Gasteiger partial charge in [-0.05, 0) is 95.6 Å². The number of fused-ring (bicyclic) bond motifs is 14. The third-order valence-electron chi connectivity index (χ3n) is 18.0. The lowest BCUT2D eigenvalue weighted by atomic mass is 9.92. The number of nitrogens with zero attached hydrogens (tertiary/aromatic N) is 8. The molecule has 0 amide bonds. The van der Waals surface area contributed by atoms with Crippen molar-refractivity contribution in [1.29, 1.82) is 0 Å². The molecule has 0 bridgehead atoms. The lowest BCUT2D eigenvalue weighted by molar-refractivity contribution is 1.06. The Morgan fingerprint density at radius 2 is 0.689 bits per heavy atom. The van der Waals surface area contributed by atoms with Gasteiger partial charge in [-0.1, -0.05) is 224 Å². The molecule has 18 rings (SSSR count). The lowest BCUT2D eigenvalue weighted by Gasteiger charge is -2.21. The molecule has 418 valence electrons. The molecular weight excluding hydrogens is 1100 g/mol. The Labute approximate surface area is 517 Å². The molecule has 5 aromatic heterocycles. The van der Waals surface area contributed by atoms with Crippen LogP contribution in [-0.2, 0) is 0 Å². The van der Waals surface area contributed by atoms with Gasteiger partial charge in [-0.2, -0.15) is 0 Å². The van der Waals surface area contributed by atoms with Gasteiger partial charge in [0.15, 0.2) is 23.2 Å². The maximum atomic E-state index is 8.48. The van der Waals surface area contributed by atoms with E-state index in [0.717, 1.165) is 127 Å². The second kappa shape index (κ2) is 20.3. The fourth-order valence-electron chi connectivity index (χ4n) is 14.3. The van der Waals surface area contributed by atoms with Gasteiger partial charge in [-0.15, -0.1) is 0 Å². The molecule has 5 heterocycles. The Balaban J connectivity index is 1.01. The summed E-state index contributed by atoms with van der Waals surface area (Å²) in [5, 5.41) is 9.24. The summed E-state index contributed by atoms with van der Waals surface area (Å²) in [6.07, 6.45) is 0. The summed E-state index contributed by atoms with van der Waals surface area (Å²) < 4.78 is 9.75. The largest absolute Gasteiger partial charge is 0.309 e. The van der Waals surface area contributed by atoms with Crippen molar-refractivity contribution in [2.24, 2.45) is 0 Å². The quantitative estimate of drug-likeness (QED) is 0.135. The van der Waals surface area contributed by atoms with Crippen LogP contribution in [0.4, 0.5) is 5.69 Å². The highest BCUT2D eigenvalue weighted by atomic mass is 15.1. The first-order valence-corrected chi connectivity index (χ1v) is 30.3. The van der Waals surface area contributed by atoms with Crippen LogP contribution < -0.4 is 0 Å². The van der Waals surface area contributed by atoms with Gasteiger partial charge < -0.3 is 18.3 Å². The smallest absolute Gasteiger partial charge is 0.194 e. The van der Waals surface area contributed by atoms with Crippen molar-refractivity contribution < 1.29 is 0 Å². The third kappa shape index (κ3) is 7.70. The Bertz CT molecular complexity index is 5910.